The zero-order valence-corrected chi connectivity index (χ0v) is 21.8. The van der Waals surface area contributed by atoms with Gasteiger partial charge >= 0.3 is 12.0 Å². The molecular weight excluding hydrogens is 486 g/mol. The molecule has 198 valence electrons. The van der Waals surface area contributed by atoms with Gasteiger partial charge in [-0.3, -0.25) is 9.36 Å². The van der Waals surface area contributed by atoms with E-state index in [1.807, 2.05) is 24.1 Å². The minimum Gasteiger partial charge on any atom is -0.460 e. The first-order valence-corrected chi connectivity index (χ1v) is 12.5. The molecule has 2 atom stereocenters. The molecule has 1 aliphatic heterocycles. The molecule has 2 amide bonds. The number of hydrogen-bond donors (Lipinski definition) is 0. The maximum Gasteiger partial charge on any atom is 0.338 e. The molecular formula is C27H31N7O4. The molecule has 1 saturated heterocycles. The summed E-state index contributed by atoms with van der Waals surface area (Å²) < 4.78 is 6.75. The molecule has 3 heterocycles. The number of carbonyl (C=O) groups is 3. The van der Waals surface area contributed by atoms with Crippen molar-refractivity contribution in [2.24, 2.45) is 5.92 Å². The van der Waals surface area contributed by atoms with Crippen LogP contribution in [0.1, 0.15) is 30.1 Å². The number of benzene rings is 1. The van der Waals surface area contributed by atoms with Gasteiger partial charge in [0.1, 0.15) is 25.2 Å². The Morgan fingerprint density at radius 2 is 1.92 bits per heavy atom. The zero-order chi connectivity index (χ0) is 27.2. The predicted molar refractivity (Wildman–Crippen MR) is 140 cm³/mol. The van der Waals surface area contributed by atoms with Crippen molar-refractivity contribution in [2.45, 2.75) is 25.8 Å². The number of esters is 1. The number of fused-ring (bicyclic) bond motifs is 1. The second-order valence-electron chi connectivity index (χ2n) is 9.45. The highest BCUT2D eigenvalue weighted by Gasteiger charge is 2.33. The lowest BCUT2D eigenvalue weighted by atomic mass is 9.92. The zero-order valence-electron chi connectivity index (χ0n) is 21.8. The Morgan fingerprint density at radius 1 is 1.16 bits per heavy atom. The summed E-state index contributed by atoms with van der Waals surface area (Å²) in [6.07, 6.45) is 3.76. The average Bonchev–Trinajstić information content (AvgIpc) is 3.37. The molecule has 0 N–H and O–H groups in total. The van der Waals surface area contributed by atoms with E-state index in [1.54, 1.807) is 48.5 Å². The van der Waals surface area contributed by atoms with Crippen LogP contribution in [0.5, 0.6) is 0 Å². The number of rotatable bonds is 7. The molecule has 11 heteroatoms. The molecule has 0 spiro atoms. The number of ether oxygens (including phenoxy) is 1. The summed E-state index contributed by atoms with van der Waals surface area (Å²) in [6, 6.07) is 12.1. The van der Waals surface area contributed by atoms with Crippen LogP contribution in [0.4, 0.5) is 10.6 Å². The number of anilines is 1. The van der Waals surface area contributed by atoms with E-state index >= 15 is 0 Å². The fourth-order valence-electron chi connectivity index (χ4n) is 4.70. The third kappa shape index (κ3) is 5.59. The van der Waals surface area contributed by atoms with Gasteiger partial charge in [0.05, 0.1) is 29.6 Å². The first kappa shape index (κ1) is 26.6. The van der Waals surface area contributed by atoms with Gasteiger partial charge in [0.2, 0.25) is 5.91 Å². The topological polar surface area (TPSA) is 125 Å². The summed E-state index contributed by atoms with van der Waals surface area (Å²) in [5.74, 6) is 0.347. The van der Waals surface area contributed by atoms with Crippen LogP contribution in [-0.2, 0) is 9.53 Å². The van der Waals surface area contributed by atoms with Crippen LogP contribution in [0.3, 0.4) is 0 Å². The highest BCUT2D eigenvalue weighted by Crippen LogP contribution is 2.29. The monoisotopic (exact) mass is 517 g/mol. The number of amides is 2. The molecule has 38 heavy (non-hydrogen) atoms. The largest absolute Gasteiger partial charge is 0.460 e. The van der Waals surface area contributed by atoms with Crippen LogP contribution in [0, 0.1) is 17.2 Å². The Balaban J connectivity index is 1.45. The first-order chi connectivity index (χ1) is 18.3. The number of likely N-dealkylation sites (N-methyl/N-ethyl adjacent to an activating group) is 2. The quantitative estimate of drug-likeness (QED) is 0.438. The highest BCUT2D eigenvalue weighted by atomic mass is 16.5. The van der Waals surface area contributed by atoms with Gasteiger partial charge in [0.25, 0.3) is 0 Å². The molecule has 0 aliphatic carbocycles. The number of nitrogens with zero attached hydrogens (tertiary/aromatic N) is 7. The number of hydrogen-bond acceptors (Lipinski definition) is 8. The Morgan fingerprint density at radius 3 is 2.66 bits per heavy atom. The summed E-state index contributed by atoms with van der Waals surface area (Å²) in [5.41, 5.74) is 0.914. The van der Waals surface area contributed by atoms with E-state index < -0.39 is 5.97 Å². The molecule has 3 aromatic rings. The maximum absolute atomic E-state index is 13.2. The third-order valence-electron chi connectivity index (χ3n) is 7.00. The molecule has 0 unspecified atom stereocenters. The molecule has 0 saturated carbocycles. The summed E-state index contributed by atoms with van der Waals surface area (Å²) in [6.45, 7) is 3.52. The van der Waals surface area contributed by atoms with Crippen molar-refractivity contribution in [2.75, 3.05) is 45.2 Å². The standard InChI is InChI=1S/C27H31N7O4/c1-19-10-13-33(23(35)9-12-28)17-22(19)32(3)24-21-11-14-34(25(21)30-18-29-24)27(37)31(2)15-16-38-26(36)20-7-5-4-6-8-20/h4-8,11,14,18-19,22H,9-10,13,15-17H2,1-3H3/t19-,22+/m1/s1. The van der Waals surface area contributed by atoms with Gasteiger partial charge in [-0.2, -0.15) is 5.26 Å². The smallest absolute Gasteiger partial charge is 0.338 e. The lowest BCUT2D eigenvalue weighted by Crippen LogP contribution is -2.52. The molecule has 1 fully saturated rings. The maximum atomic E-state index is 13.2. The predicted octanol–water partition coefficient (Wildman–Crippen LogP) is 2.78. The Kier molecular flexibility index (Phi) is 8.21. The van der Waals surface area contributed by atoms with Gasteiger partial charge in [0, 0.05) is 33.4 Å². The SMILES string of the molecule is C[C@@H]1CCN(C(=O)CC#N)C[C@@H]1N(C)c1ncnc2c1ccn2C(=O)N(C)CCOC(=O)c1ccccc1. The second kappa shape index (κ2) is 11.7. The van der Waals surface area contributed by atoms with Gasteiger partial charge in [0.15, 0.2) is 5.65 Å². The van der Waals surface area contributed by atoms with Gasteiger partial charge in [-0.15, -0.1) is 0 Å². The lowest BCUT2D eigenvalue weighted by Gasteiger charge is -2.42. The van der Waals surface area contributed by atoms with Crippen molar-refractivity contribution >= 4 is 34.8 Å². The minimum atomic E-state index is -0.442. The normalized spacial score (nSPS) is 17.1. The molecule has 2 aromatic heterocycles. The number of aromatic nitrogens is 3. The Hall–Kier alpha value is -4.46. The van der Waals surface area contributed by atoms with Crippen LogP contribution in [-0.4, -0.2) is 88.6 Å². The van der Waals surface area contributed by atoms with Crippen molar-refractivity contribution in [3.8, 4) is 6.07 Å². The van der Waals surface area contributed by atoms with Gasteiger partial charge in [-0.1, -0.05) is 25.1 Å². The van der Waals surface area contributed by atoms with Crippen molar-refractivity contribution in [3.05, 3.63) is 54.5 Å². The van der Waals surface area contributed by atoms with Gasteiger partial charge < -0.3 is 19.4 Å². The molecule has 1 aromatic carbocycles. The first-order valence-electron chi connectivity index (χ1n) is 12.5. The highest BCUT2D eigenvalue weighted by molar-refractivity contribution is 5.95. The molecule has 4 rings (SSSR count). The minimum absolute atomic E-state index is 0.00878. The van der Waals surface area contributed by atoms with E-state index in [0.717, 1.165) is 6.42 Å². The van der Waals surface area contributed by atoms with Crippen LogP contribution >= 0.6 is 0 Å². The lowest BCUT2D eigenvalue weighted by molar-refractivity contribution is -0.131. The fourth-order valence-corrected chi connectivity index (χ4v) is 4.70. The van der Waals surface area contributed by atoms with E-state index in [-0.39, 0.29) is 37.6 Å². The van der Waals surface area contributed by atoms with E-state index in [4.69, 9.17) is 10.00 Å². The van der Waals surface area contributed by atoms with Crippen molar-refractivity contribution in [3.63, 3.8) is 0 Å². The average molecular weight is 518 g/mol. The second-order valence-corrected chi connectivity index (χ2v) is 9.45. The number of likely N-dealkylation sites (tertiary alicyclic amines) is 1. The number of nitriles is 1. The van der Waals surface area contributed by atoms with Crippen LogP contribution < -0.4 is 4.90 Å². The summed E-state index contributed by atoms with van der Waals surface area (Å²) in [5, 5.41) is 9.62. The van der Waals surface area contributed by atoms with Crippen molar-refractivity contribution < 1.29 is 19.1 Å². The van der Waals surface area contributed by atoms with Crippen molar-refractivity contribution in [1.82, 2.24) is 24.3 Å². The molecule has 11 nitrogen and oxygen atoms in total. The number of piperidine rings is 1. The molecule has 1 aliphatic rings. The van der Waals surface area contributed by atoms with E-state index in [2.05, 4.69) is 16.9 Å². The van der Waals surface area contributed by atoms with E-state index in [1.165, 1.54) is 15.8 Å². The summed E-state index contributed by atoms with van der Waals surface area (Å²) >= 11 is 0. The molecule has 0 bridgehead atoms. The molecule has 0 radical (unpaired) electrons. The van der Waals surface area contributed by atoms with E-state index in [0.29, 0.717) is 41.4 Å². The summed E-state index contributed by atoms with van der Waals surface area (Å²) in [7, 11) is 3.56. The van der Waals surface area contributed by atoms with Crippen molar-refractivity contribution in [1.29, 1.82) is 5.26 Å². The fraction of sp³-hybridized carbons (Fsp3) is 0.407. The number of carbonyl (C=O) groups excluding carboxylic acids is 3. The Labute approximate surface area is 221 Å². The van der Waals surface area contributed by atoms with E-state index in [9.17, 15) is 14.4 Å². The van der Waals surface area contributed by atoms with Gasteiger partial charge in [-0.05, 0) is 30.5 Å². The Bertz CT molecular complexity index is 1350. The van der Waals surface area contributed by atoms with Crippen LogP contribution in [0.15, 0.2) is 48.9 Å². The van der Waals surface area contributed by atoms with Gasteiger partial charge in [-0.25, -0.2) is 19.6 Å². The summed E-state index contributed by atoms with van der Waals surface area (Å²) in [4.78, 5) is 51.8. The third-order valence-corrected chi connectivity index (χ3v) is 7.00. The van der Waals surface area contributed by atoms with Crippen LogP contribution in [0.25, 0.3) is 11.0 Å². The van der Waals surface area contributed by atoms with Crippen LogP contribution in [0.2, 0.25) is 0 Å².